The summed E-state index contributed by atoms with van der Waals surface area (Å²) in [5.74, 6) is 1.52. The molecular weight excluding hydrogens is 238 g/mol. The largest absolute Gasteiger partial charge is 0.396 e. The first kappa shape index (κ1) is 14.2. The first-order valence-corrected chi connectivity index (χ1v) is 6.40. The van der Waals surface area contributed by atoms with Crippen LogP contribution in [-0.2, 0) is 6.42 Å². The SMILES string of the molecule is CCc1nc(Cl)c(C)c(NC(CC)CCO)n1. The minimum atomic E-state index is 0.171. The van der Waals surface area contributed by atoms with Crippen molar-refractivity contribution >= 4 is 17.4 Å². The molecule has 0 saturated heterocycles. The van der Waals surface area contributed by atoms with E-state index < -0.39 is 0 Å². The summed E-state index contributed by atoms with van der Waals surface area (Å²) in [6, 6.07) is 0.217. The van der Waals surface area contributed by atoms with E-state index in [1.165, 1.54) is 0 Å². The van der Waals surface area contributed by atoms with Gasteiger partial charge in [-0.3, -0.25) is 0 Å². The van der Waals surface area contributed by atoms with E-state index in [2.05, 4.69) is 22.2 Å². The Morgan fingerprint density at radius 3 is 2.59 bits per heavy atom. The van der Waals surface area contributed by atoms with Crippen LogP contribution in [0.15, 0.2) is 0 Å². The number of aromatic nitrogens is 2. The van der Waals surface area contributed by atoms with E-state index in [4.69, 9.17) is 16.7 Å². The van der Waals surface area contributed by atoms with Gasteiger partial charge in [0.15, 0.2) is 0 Å². The van der Waals surface area contributed by atoms with E-state index in [1.807, 2.05) is 13.8 Å². The Morgan fingerprint density at radius 1 is 1.35 bits per heavy atom. The molecule has 1 rings (SSSR count). The number of nitrogens with zero attached hydrogens (tertiary/aromatic N) is 2. The van der Waals surface area contributed by atoms with Gasteiger partial charge in [0.25, 0.3) is 0 Å². The number of aryl methyl sites for hydroxylation is 1. The lowest BCUT2D eigenvalue weighted by atomic mass is 10.1. The van der Waals surface area contributed by atoms with E-state index in [0.717, 1.165) is 30.0 Å². The highest BCUT2D eigenvalue weighted by atomic mass is 35.5. The fraction of sp³-hybridized carbons (Fsp3) is 0.667. The van der Waals surface area contributed by atoms with Gasteiger partial charge in [-0.05, 0) is 19.8 Å². The van der Waals surface area contributed by atoms with Crippen molar-refractivity contribution in [3.63, 3.8) is 0 Å². The molecule has 1 aromatic rings. The summed E-state index contributed by atoms with van der Waals surface area (Å²) in [6.45, 7) is 6.14. The van der Waals surface area contributed by atoms with Gasteiger partial charge in [0, 0.05) is 24.6 Å². The van der Waals surface area contributed by atoms with Crippen molar-refractivity contribution in [2.45, 2.75) is 46.1 Å². The predicted octanol–water partition coefficient (Wildman–Crippen LogP) is 2.57. The lowest BCUT2D eigenvalue weighted by Gasteiger charge is -2.18. The number of hydrogen-bond donors (Lipinski definition) is 2. The minimum Gasteiger partial charge on any atom is -0.396 e. The van der Waals surface area contributed by atoms with Crippen molar-refractivity contribution in [2.75, 3.05) is 11.9 Å². The summed E-state index contributed by atoms with van der Waals surface area (Å²) in [6.07, 6.45) is 2.40. The van der Waals surface area contributed by atoms with Crippen molar-refractivity contribution in [1.29, 1.82) is 0 Å². The molecule has 0 aliphatic rings. The van der Waals surface area contributed by atoms with Gasteiger partial charge in [-0.15, -0.1) is 0 Å². The number of rotatable bonds is 6. The van der Waals surface area contributed by atoms with Gasteiger partial charge in [-0.1, -0.05) is 25.4 Å². The summed E-state index contributed by atoms with van der Waals surface area (Å²) in [5.41, 5.74) is 0.861. The van der Waals surface area contributed by atoms with Crippen LogP contribution in [0.4, 0.5) is 5.82 Å². The fourth-order valence-electron chi connectivity index (χ4n) is 1.56. The van der Waals surface area contributed by atoms with Crippen molar-refractivity contribution < 1.29 is 5.11 Å². The van der Waals surface area contributed by atoms with E-state index in [0.29, 0.717) is 11.6 Å². The van der Waals surface area contributed by atoms with Crippen molar-refractivity contribution in [3.05, 3.63) is 16.5 Å². The summed E-state index contributed by atoms with van der Waals surface area (Å²) in [5, 5.41) is 12.8. The Hall–Kier alpha value is -0.870. The molecule has 0 saturated carbocycles. The van der Waals surface area contributed by atoms with E-state index >= 15 is 0 Å². The van der Waals surface area contributed by atoms with Crippen LogP contribution in [0, 0.1) is 6.92 Å². The third kappa shape index (κ3) is 3.82. The van der Waals surface area contributed by atoms with Gasteiger partial charge >= 0.3 is 0 Å². The number of anilines is 1. The molecule has 4 nitrogen and oxygen atoms in total. The van der Waals surface area contributed by atoms with Crippen LogP contribution in [0.25, 0.3) is 0 Å². The van der Waals surface area contributed by atoms with Gasteiger partial charge in [-0.25, -0.2) is 9.97 Å². The predicted molar refractivity (Wildman–Crippen MR) is 70.6 cm³/mol. The zero-order valence-corrected chi connectivity index (χ0v) is 11.4. The van der Waals surface area contributed by atoms with E-state index in [9.17, 15) is 0 Å². The van der Waals surface area contributed by atoms with Gasteiger partial charge in [-0.2, -0.15) is 0 Å². The van der Waals surface area contributed by atoms with Gasteiger partial charge in [0.05, 0.1) is 0 Å². The smallest absolute Gasteiger partial charge is 0.137 e. The Balaban J connectivity index is 2.92. The molecule has 5 heteroatoms. The first-order valence-electron chi connectivity index (χ1n) is 6.02. The van der Waals surface area contributed by atoms with Gasteiger partial charge in [0.1, 0.15) is 16.8 Å². The summed E-state index contributed by atoms with van der Waals surface area (Å²) in [4.78, 5) is 8.63. The molecule has 2 N–H and O–H groups in total. The Morgan fingerprint density at radius 2 is 2.06 bits per heavy atom. The van der Waals surface area contributed by atoms with Gasteiger partial charge < -0.3 is 10.4 Å². The molecule has 17 heavy (non-hydrogen) atoms. The van der Waals surface area contributed by atoms with Crippen LogP contribution in [0.2, 0.25) is 5.15 Å². The molecule has 0 bridgehead atoms. The lowest BCUT2D eigenvalue weighted by Crippen LogP contribution is -2.21. The zero-order chi connectivity index (χ0) is 12.8. The normalized spacial score (nSPS) is 12.5. The minimum absolute atomic E-state index is 0.171. The molecule has 0 amide bonds. The summed E-state index contributed by atoms with van der Waals surface area (Å²) in [7, 11) is 0. The Labute approximate surface area is 107 Å². The van der Waals surface area contributed by atoms with Crippen molar-refractivity contribution in [3.8, 4) is 0 Å². The molecule has 1 unspecified atom stereocenters. The summed E-state index contributed by atoms with van der Waals surface area (Å²) < 4.78 is 0. The second-order valence-corrected chi connectivity index (χ2v) is 4.38. The monoisotopic (exact) mass is 257 g/mol. The number of aliphatic hydroxyl groups is 1. The van der Waals surface area contributed by atoms with Crippen LogP contribution in [0.1, 0.15) is 38.1 Å². The average Bonchev–Trinajstić information content (AvgIpc) is 2.33. The van der Waals surface area contributed by atoms with Gasteiger partial charge in [0.2, 0.25) is 0 Å². The highest BCUT2D eigenvalue weighted by Gasteiger charge is 2.12. The van der Waals surface area contributed by atoms with Crippen LogP contribution in [-0.4, -0.2) is 27.7 Å². The number of nitrogens with one attached hydrogen (secondary N) is 1. The third-order valence-corrected chi connectivity index (χ3v) is 3.13. The second-order valence-electron chi connectivity index (χ2n) is 4.02. The number of halogens is 1. The highest BCUT2D eigenvalue weighted by Crippen LogP contribution is 2.21. The maximum atomic E-state index is 8.97. The lowest BCUT2D eigenvalue weighted by molar-refractivity contribution is 0.278. The van der Waals surface area contributed by atoms with Crippen LogP contribution in [0.5, 0.6) is 0 Å². The molecule has 1 heterocycles. The molecule has 0 radical (unpaired) electrons. The highest BCUT2D eigenvalue weighted by molar-refractivity contribution is 6.30. The fourth-order valence-corrected chi connectivity index (χ4v) is 1.75. The molecule has 0 aliphatic heterocycles. The number of aliphatic hydroxyl groups excluding tert-OH is 1. The quantitative estimate of drug-likeness (QED) is 0.769. The molecule has 1 atom stereocenters. The van der Waals surface area contributed by atoms with Crippen LogP contribution >= 0.6 is 11.6 Å². The maximum Gasteiger partial charge on any atom is 0.137 e. The van der Waals surface area contributed by atoms with E-state index in [1.54, 1.807) is 0 Å². The standard InChI is InChI=1S/C12H20ClN3O/c1-4-9(6-7-17)14-12-8(3)11(13)15-10(5-2)16-12/h9,17H,4-7H2,1-3H3,(H,14,15,16). The molecule has 96 valence electrons. The number of hydrogen-bond acceptors (Lipinski definition) is 4. The second kappa shape index (κ2) is 6.77. The molecular formula is C12H20ClN3O. The molecule has 0 spiro atoms. The van der Waals surface area contributed by atoms with Crippen LogP contribution < -0.4 is 5.32 Å². The van der Waals surface area contributed by atoms with Crippen molar-refractivity contribution in [2.24, 2.45) is 0 Å². The van der Waals surface area contributed by atoms with Crippen LogP contribution in [0.3, 0.4) is 0 Å². The maximum absolute atomic E-state index is 8.97. The molecule has 0 fully saturated rings. The molecule has 1 aromatic heterocycles. The van der Waals surface area contributed by atoms with E-state index in [-0.39, 0.29) is 12.6 Å². The zero-order valence-electron chi connectivity index (χ0n) is 10.6. The Kier molecular flexibility index (Phi) is 5.65. The topological polar surface area (TPSA) is 58.0 Å². The Bertz CT molecular complexity index is 371. The molecule has 0 aromatic carbocycles. The average molecular weight is 258 g/mol. The first-order chi connectivity index (χ1) is 8.12. The van der Waals surface area contributed by atoms with Crippen molar-refractivity contribution in [1.82, 2.24) is 9.97 Å². The third-order valence-electron chi connectivity index (χ3n) is 2.76. The summed E-state index contributed by atoms with van der Waals surface area (Å²) >= 11 is 6.06. The molecule has 0 aliphatic carbocycles.